The second kappa shape index (κ2) is 10.8. The van der Waals surface area contributed by atoms with Crippen LogP contribution in [0.3, 0.4) is 0 Å². The number of aryl methyl sites for hydroxylation is 2. The predicted molar refractivity (Wildman–Crippen MR) is 142 cm³/mol. The standard InChI is InChI=1S/C28H36N2O5S/c1-5-7-16-35-27(34)22-21-11-12-28(36-21)23(22)25(32)30(14-8-15-31)24(28)26(33)29(13-6-2)20-17-18(3)9-10-19(20)4/h5-6,9-10,17,21-24,31H,1-2,7-8,11-16H2,3-4H3/t21-,22+,23+,24?,28?/m1/s1. The first-order chi connectivity index (χ1) is 17.3. The number of thioether (sulfide) groups is 1. The summed E-state index contributed by atoms with van der Waals surface area (Å²) in [7, 11) is 0. The summed E-state index contributed by atoms with van der Waals surface area (Å²) >= 11 is 1.62. The van der Waals surface area contributed by atoms with E-state index in [1.165, 1.54) is 0 Å². The SMILES string of the molecule is C=CCCOC(=O)[C@@H]1[C@H]2C(=O)N(CCCO)C(C(=O)N(CC=C)c3cc(C)ccc3C)C23CC[C@H]1S3. The highest BCUT2D eigenvalue weighted by Gasteiger charge is 2.74. The highest BCUT2D eigenvalue weighted by molar-refractivity contribution is 8.02. The molecule has 3 aliphatic rings. The molecule has 1 aromatic carbocycles. The molecule has 0 aliphatic carbocycles. The quantitative estimate of drug-likeness (QED) is 0.278. The molecule has 0 aromatic heterocycles. The van der Waals surface area contributed by atoms with Gasteiger partial charge >= 0.3 is 5.97 Å². The number of hydrogen-bond acceptors (Lipinski definition) is 6. The molecule has 5 atom stereocenters. The van der Waals surface area contributed by atoms with Gasteiger partial charge in [0, 0.05) is 30.6 Å². The Labute approximate surface area is 217 Å². The molecule has 4 rings (SSSR count). The van der Waals surface area contributed by atoms with E-state index in [9.17, 15) is 19.5 Å². The Balaban J connectivity index is 1.74. The van der Waals surface area contributed by atoms with Crippen LogP contribution >= 0.6 is 11.8 Å². The number of esters is 1. The smallest absolute Gasteiger partial charge is 0.310 e. The highest BCUT2D eigenvalue weighted by atomic mass is 32.2. The van der Waals surface area contributed by atoms with E-state index in [1.54, 1.807) is 33.7 Å². The molecule has 1 aromatic rings. The average Bonchev–Trinajstić information content (AvgIpc) is 3.50. The zero-order valence-electron chi connectivity index (χ0n) is 21.2. The number of amides is 2. The van der Waals surface area contributed by atoms with Gasteiger partial charge in [-0.1, -0.05) is 24.3 Å². The second-order valence-electron chi connectivity index (χ2n) is 9.94. The molecule has 2 unspecified atom stereocenters. The van der Waals surface area contributed by atoms with Gasteiger partial charge in [-0.25, -0.2) is 0 Å². The molecule has 7 nitrogen and oxygen atoms in total. The van der Waals surface area contributed by atoms with Crippen molar-refractivity contribution >= 4 is 35.2 Å². The summed E-state index contributed by atoms with van der Waals surface area (Å²) in [4.78, 5) is 44.8. The summed E-state index contributed by atoms with van der Waals surface area (Å²) in [5, 5.41) is 9.49. The largest absolute Gasteiger partial charge is 0.465 e. The summed E-state index contributed by atoms with van der Waals surface area (Å²) in [6, 6.07) is 5.26. The fraction of sp³-hybridized carbons (Fsp3) is 0.536. The van der Waals surface area contributed by atoms with Crippen LogP contribution in [0.4, 0.5) is 5.69 Å². The molecule has 1 N–H and O–H groups in total. The van der Waals surface area contributed by atoms with Crippen LogP contribution in [-0.2, 0) is 19.1 Å². The third-order valence-corrected chi connectivity index (χ3v) is 9.61. The van der Waals surface area contributed by atoms with Gasteiger partial charge in [0.05, 0.1) is 23.2 Å². The van der Waals surface area contributed by atoms with Crippen LogP contribution in [0.25, 0.3) is 0 Å². The van der Waals surface area contributed by atoms with Crippen LogP contribution in [0.2, 0.25) is 0 Å². The lowest BCUT2D eigenvalue weighted by Crippen LogP contribution is -2.55. The van der Waals surface area contributed by atoms with Crippen LogP contribution in [0.1, 0.15) is 36.8 Å². The Morgan fingerprint density at radius 3 is 2.78 bits per heavy atom. The summed E-state index contributed by atoms with van der Waals surface area (Å²) in [5.74, 6) is -1.87. The number of aliphatic hydroxyl groups is 1. The van der Waals surface area contributed by atoms with Crippen LogP contribution < -0.4 is 4.90 Å². The van der Waals surface area contributed by atoms with Crippen molar-refractivity contribution in [3.05, 3.63) is 54.6 Å². The first-order valence-corrected chi connectivity index (χ1v) is 13.5. The number of carbonyl (C=O) groups is 3. The zero-order chi connectivity index (χ0) is 26.0. The molecule has 3 heterocycles. The van der Waals surface area contributed by atoms with Crippen LogP contribution in [0.5, 0.6) is 0 Å². The van der Waals surface area contributed by atoms with Crippen molar-refractivity contribution in [2.45, 2.75) is 55.6 Å². The lowest BCUT2D eigenvalue weighted by molar-refractivity contribution is -0.154. The van der Waals surface area contributed by atoms with E-state index in [-0.39, 0.29) is 42.8 Å². The molecule has 194 valence electrons. The minimum atomic E-state index is -0.720. The van der Waals surface area contributed by atoms with E-state index in [0.717, 1.165) is 23.2 Å². The third-order valence-electron chi connectivity index (χ3n) is 7.66. The first-order valence-electron chi connectivity index (χ1n) is 12.7. The van der Waals surface area contributed by atoms with Gasteiger partial charge in [-0.15, -0.1) is 24.9 Å². The molecule has 3 aliphatic heterocycles. The first kappa shape index (κ1) is 26.5. The molecule has 8 heteroatoms. The topological polar surface area (TPSA) is 87.1 Å². The fourth-order valence-corrected chi connectivity index (χ4v) is 8.32. The molecule has 2 amide bonds. The Kier molecular flexibility index (Phi) is 7.95. The Bertz CT molecular complexity index is 1060. The van der Waals surface area contributed by atoms with E-state index < -0.39 is 22.6 Å². The maximum atomic E-state index is 14.4. The summed E-state index contributed by atoms with van der Waals surface area (Å²) in [5.41, 5.74) is 2.79. The van der Waals surface area contributed by atoms with Gasteiger partial charge in [0.1, 0.15) is 6.04 Å². The fourth-order valence-electron chi connectivity index (χ4n) is 6.11. The highest BCUT2D eigenvalue weighted by Crippen LogP contribution is 2.66. The van der Waals surface area contributed by atoms with Crippen molar-refractivity contribution in [2.75, 3.05) is 31.2 Å². The number of anilines is 1. The van der Waals surface area contributed by atoms with Crippen molar-refractivity contribution < 1.29 is 24.2 Å². The summed E-state index contributed by atoms with van der Waals surface area (Å²) in [6.45, 7) is 12.2. The Morgan fingerprint density at radius 1 is 1.31 bits per heavy atom. The molecule has 3 fully saturated rings. The minimum Gasteiger partial charge on any atom is -0.465 e. The lowest BCUT2D eigenvalue weighted by atomic mass is 9.71. The predicted octanol–water partition coefficient (Wildman–Crippen LogP) is 3.42. The molecule has 2 bridgehead atoms. The van der Waals surface area contributed by atoms with Crippen LogP contribution in [0.15, 0.2) is 43.5 Å². The Morgan fingerprint density at radius 2 is 2.08 bits per heavy atom. The molecular formula is C28H36N2O5S. The number of hydrogen-bond donors (Lipinski definition) is 1. The van der Waals surface area contributed by atoms with Gasteiger partial charge in [-0.3, -0.25) is 14.4 Å². The molecular weight excluding hydrogens is 476 g/mol. The maximum Gasteiger partial charge on any atom is 0.310 e. The zero-order valence-corrected chi connectivity index (χ0v) is 22.0. The molecule has 36 heavy (non-hydrogen) atoms. The van der Waals surface area contributed by atoms with E-state index in [4.69, 9.17) is 4.74 Å². The number of ether oxygens (including phenoxy) is 1. The molecule has 1 spiro atoms. The van der Waals surface area contributed by atoms with Gasteiger partial charge in [-0.2, -0.15) is 0 Å². The second-order valence-corrected chi connectivity index (χ2v) is 11.5. The van der Waals surface area contributed by atoms with Crippen molar-refractivity contribution in [1.29, 1.82) is 0 Å². The van der Waals surface area contributed by atoms with E-state index in [2.05, 4.69) is 13.2 Å². The Hall–Kier alpha value is -2.58. The van der Waals surface area contributed by atoms with E-state index in [1.807, 2.05) is 32.0 Å². The normalized spacial score (nSPS) is 28.2. The monoisotopic (exact) mass is 512 g/mol. The van der Waals surface area contributed by atoms with Gasteiger partial charge in [0.25, 0.3) is 5.91 Å². The van der Waals surface area contributed by atoms with Crippen LogP contribution in [-0.4, -0.2) is 70.1 Å². The third kappa shape index (κ3) is 4.39. The van der Waals surface area contributed by atoms with Gasteiger partial charge in [0.15, 0.2) is 0 Å². The molecule has 0 saturated carbocycles. The van der Waals surface area contributed by atoms with Crippen LogP contribution in [0, 0.1) is 25.7 Å². The average molecular weight is 513 g/mol. The van der Waals surface area contributed by atoms with Crippen molar-refractivity contribution in [2.24, 2.45) is 11.8 Å². The van der Waals surface area contributed by atoms with Crippen molar-refractivity contribution in [3.63, 3.8) is 0 Å². The van der Waals surface area contributed by atoms with Crippen molar-refractivity contribution in [3.8, 4) is 0 Å². The number of fused-ring (bicyclic) bond motifs is 1. The summed E-state index contributed by atoms with van der Waals surface area (Å²) < 4.78 is 4.84. The van der Waals surface area contributed by atoms with Gasteiger partial charge in [-0.05, 0) is 56.7 Å². The lowest BCUT2D eigenvalue weighted by Gasteiger charge is -2.37. The number of aliphatic hydroxyl groups excluding tert-OH is 1. The van der Waals surface area contributed by atoms with Gasteiger partial charge < -0.3 is 19.6 Å². The van der Waals surface area contributed by atoms with E-state index >= 15 is 0 Å². The maximum absolute atomic E-state index is 14.4. The van der Waals surface area contributed by atoms with E-state index in [0.29, 0.717) is 25.8 Å². The van der Waals surface area contributed by atoms with Crippen molar-refractivity contribution in [1.82, 2.24) is 4.90 Å². The number of likely N-dealkylation sites (tertiary alicyclic amines) is 1. The van der Waals surface area contributed by atoms with Gasteiger partial charge in [0.2, 0.25) is 5.91 Å². The molecule has 3 saturated heterocycles. The molecule has 0 radical (unpaired) electrons. The minimum absolute atomic E-state index is 0.0426. The number of nitrogens with zero attached hydrogens (tertiary/aromatic N) is 2. The summed E-state index contributed by atoms with van der Waals surface area (Å²) in [6.07, 6.45) is 5.76. The number of benzene rings is 1. The number of rotatable bonds is 11. The number of carbonyl (C=O) groups excluding carboxylic acids is 3.